The first-order chi connectivity index (χ1) is 5.07. The number of aliphatic carboxylic acids is 1. The molecule has 1 saturated heterocycles. The number of fused-ring (bicyclic) bond motifs is 1. The quantitative estimate of drug-likeness (QED) is 0.500. The molecule has 3 atom stereocenters. The lowest BCUT2D eigenvalue weighted by atomic mass is 10.3. The van der Waals surface area contributed by atoms with Crippen LogP contribution >= 0.6 is 15.9 Å². The van der Waals surface area contributed by atoms with E-state index in [4.69, 9.17) is 5.11 Å². The normalized spacial score (nSPS) is 46.5. The van der Waals surface area contributed by atoms with Crippen LogP contribution in [-0.4, -0.2) is 28.0 Å². The van der Waals surface area contributed by atoms with Crippen LogP contribution in [0.5, 0.6) is 0 Å². The van der Waals surface area contributed by atoms with Crippen molar-refractivity contribution in [3.63, 3.8) is 0 Å². The fourth-order valence-corrected chi connectivity index (χ4v) is 2.43. The number of carbonyl (C=O) groups excluding carboxylic acids is 1. The van der Waals surface area contributed by atoms with Crippen molar-refractivity contribution >= 4 is 27.9 Å². The molecule has 1 heterocycles. The monoisotopic (exact) mass is 220 g/mol. The van der Waals surface area contributed by atoms with Gasteiger partial charge in [-0.3, -0.25) is 9.59 Å². The number of carbonyl (C=O) groups is 2. The highest BCUT2D eigenvalue weighted by Gasteiger charge is 2.75. The van der Waals surface area contributed by atoms with E-state index in [1.807, 2.05) is 0 Å². The molecule has 0 spiro atoms. The minimum atomic E-state index is -0.927. The smallest absolute Gasteiger partial charge is 0.311 e. The van der Waals surface area contributed by atoms with Gasteiger partial charge in [-0.2, -0.15) is 0 Å². The van der Waals surface area contributed by atoms with E-state index in [2.05, 4.69) is 20.7 Å². The molecule has 60 valence electrons. The van der Waals surface area contributed by atoms with E-state index in [1.54, 1.807) is 0 Å². The third-order valence-electron chi connectivity index (χ3n) is 2.21. The second-order valence-electron chi connectivity index (χ2n) is 2.83. The van der Waals surface area contributed by atoms with Gasteiger partial charge >= 0.3 is 11.9 Å². The number of carboxylic acids is 1. The molecule has 2 aliphatic rings. The van der Waals surface area contributed by atoms with Crippen LogP contribution in [0, 0.1) is 11.8 Å². The highest BCUT2D eigenvalue weighted by atomic mass is 79.9. The summed E-state index contributed by atoms with van der Waals surface area (Å²) in [6.45, 7) is 0.188. The van der Waals surface area contributed by atoms with Crippen LogP contribution in [0.4, 0.5) is 0 Å². The molecule has 0 unspecified atom stereocenters. The highest BCUT2D eigenvalue weighted by Crippen LogP contribution is 2.61. The van der Waals surface area contributed by atoms with Crippen LogP contribution in [0.25, 0.3) is 0 Å². The zero-order chi connectivity index (χ0) is 8.22. The molecule has 0 aromatic carbocycles. The van der Waals surface area contributed by atoms with Gasteiger partial charge in [-0.15, -0.1) is 0 Å². The highest BCUT2D eigenvalue weighted by molar-refractivity contribution is 9.10. The summed E-state index contributed by atoms with van der Waals surface area (Å²) in [6, 6.07) is 0. The Balaban J connectivity index is 2.24. The summed E-state index contributed by atoms with van der Waals surface area (Å²) in [5.41, 5.74) is 0. The zero-order valence-electron chi connectivity index (χ0n) is 5.41. The summed E-state index contributed by atoms with van der Waals surface area (Å²) in [6.07, 6.45) is 0. The maximum absolute atomic E-state index is 10.8. The van der Waals surface area contributed by atoms with Gasteiger partial charge in [0.1, 0.15) is 6.61 Å². The van der Waals surface area contributed by atoms with Gasteiger partial charge in [0, 0.05) is 0 Å². The van der Waals surface area contributed by atoms with Crippen molar-refractivity contribution in [1.29, 1.82) is 0 Å². The summed E-state index contributed by atoms with van der Waals surface area (Å²) in [5, 5.41) is 8.60. The molecular weight excluding hydrogens is 216 g/mol. The largest absolute Gasteiger partial charge is 0.481 e. The molecule has 11 heavy (non-hydrogen) atoms. The predicted molar refractivity (Wildman–Crippen MR) is 37.2 cm³/mol. The number of esters is 1. The van der Waals surface area contributed by atoms with E-state index in [0.717, 1.165) is 0 Å². The Kier molecular flexibility index (Phi) is 1.14. The lowest BCUT2D eigenvalue weighted by Crippen LogP contribution is -2.16. The van der Waals surface area contributed by atoms with Gasteiger partial charge in [-0.25, -0.2) is 0 Å². The van der Waals surface area contributed by atoms with Gasteiger partial charge in [0.05, 0.1) is 16.2 Å². The Morgan fingerprint density at radius 1 is 1.82 bits per heavy atom. The molecule has 0 amide bonds. The second kappa shape index (κ2) is 1.77. The van der Waals surface area contributed by atoms with Gasteiger partial charge in [0.15, 0.2) is 0 Å². The third-order valence-corrected chi connectivity index (χ3v) is 3.43. The first-order valence-corrected chi connectivity index (χ1v) is 3.95. The topological polar surface area (TPSA) is 63.6 Å². The number of alkyl halides is 1. The van der Waals surface area contributed by atoms with Crippen LogP contribution in [0.1, 0.15) is 0 Å². The zero-order valence-corrected chi connectivity index (χ0v) is 7.00. The van der Waals surface area contributed by atoms with E-state index >= 15 is 0 Å². The molecule has 2 rings (SSSR count). The number of halogens is 1. The Hall–Kier alpha value is -0.580. The number of cyclic esters (lactones) is 1. The van der Waals surface area contributed by atoms with E-state index < -0.39 is 28.1 Å². The standard InChI is InChI=1S/C6H5BrO4/c7-6-1-11-5(10)3(6)2(6)4(8)9/h2-3H,1H2,(H,8,9)/t2-,3+,6-/m0/s1. The molecule has 2 fully saturated rings. The number of hydrogen-bond acceptors (Lipinski definition) is 3. The lowest BCUT2D eigenvalue weighted by molar-refractivity contribution is -0.148. The Labute approximate surface area is 70.7 Å². The summed E-state index contributed by atoms with van der Waals surface area (Å²) in [7, 11) is 0. The molecule has 1 aliphatic heterocycles. The number of hydrogen-bond donors (Lipinski definition) is 1. The Bertz CT molecular complexity index is 245. The molecule has 4 nitrogen and oxygen atoms in total. The molecule has 1 N–H and O–H groups in total. The van der Waals surface area contributed by atoms with E-state index in [0.29, 0.717) is 0 Å². The first-order valence-electron chi connectivity index (χ1n) is 3.16. The Morgan fingerprint density at radius 2 is 2.45 bits per heavy atom. The average molecular weight is 221 g/mol. The second-order valence-corrected chi connectivity index (χ2v) is 4.30. The van der Waals surface area contributed by atoms with Crippen molar-refractivity contribution in [3.05, 3.63) is 0 Å². The number of ether oxygens (including phenoxy) is 1. The maximum Gasteiger partial charge on any atom is 0.311 e. The van der Waals surface area contributed by atoms with E-state index in [1.165, 1.54) is 0 Å². The SMILES string of the molecule is O=C(O)[C@@H]1[C@@H]2C(=O)OC[C@]12Br. The van der Waals surface area contributed by atoms with Gasteiger partial charge < -0.3 is 9.84 Å². The number of carboxylic acid groups (broad SMARTS) is 1. The van der Waals surface area contributed by atoms with Gasteiger partial charge in [-0.1, -0.05) is 15.9 Å². The third kappa shape index (κ3) is 0.690. The molecule has 0 aromatic heterocycles. The van der Waals surface area contributed by atoms with Crippen LogP contribution in [0.2, 0.25) is 0 Å². The van der Waals surface area contributed by atoms with Crippen LogP contribution < -0.4 is 0 Å². The van der Waals surface area contributed by atoms with E-state index in [9.17, 15) is 9.59 Å². The molecule has 0 radical (unpaired) electrons. The minimum absolute atomic E-state index is 0.188. The molecule has 1 aliphatic carbocycles. The van der Waals surface area contributed by atoms with E-state index in [-0.39, 0.29) is 6.61 Å². The summed E-state index contributed by atoms with van der Waals surface area (Å²) in [5.74, 6) is -2.36. The summed E-state index contributed by atoms with van der Waals surface area (Å²) >= 11 is 3.20. The Morgan fingerprint density at radius 3 is 2.73 bits per heavy atom. The predicted octanol–water partition coefficient (Wildman–Crippen LogP) is 0.00750. The molecule has 0 bridgehead atoms. The van der Waals surface area contributed by atoms with Crippen molar-refractivity contribution in [2.45, 2.75) is 4.32 Å². The van der Waals surface area contributed by atoms with Crippen LogP contribution in [-0.2, 0) is 14.3 Å². The summed E-state index contributed by atoms with van der Waals surface area (Å²) in [4.78, 5) is 21.3. The fraction of sp³-hybridized carbons (Fsp3) is 0.667. The van der Waals surface area contributed by atoms with Crippen molar-refractivity contribution in [1.82, 2.24) is 0 Å². The lowest BCUT2D eigenvalue weighted by Gasteiger charge is -2.02. The van der Waals surface area contributed by atoms with Crippen LogP contribution in [0.15, 0.2) is 0 Å². The van der Waals surface area contributed by atoms with Gasteiger partial charge in [0.2, 0.25) is 0 Å². The van der Waals surface area contributed by atoms with Crippen molar-refractivity contribution in [3.8, 4) is 0 Å². The van der Waals surface area contributed by atoms with Crippen molar-refractivity contribution in [2.24, 2.45) is 11.8 Å². The number of rotatable bonds is 1. The van der Waals surface area contributed by atoms with Crippen molar-refractivity contribution in [2.75, 3.05) is 6.61 Å². The maximum atomic E-state index is 10.8. The van der Waals surface area contributed by atoms with Crippen LogP contribution in [0.3, 0.4) is 0 Å². The first kappa shape index (κ1) is 7.09. The molecule has 5 heteroatoms. The molecule has 1 saturated carbocycles. The van der Waals surface area contributed by atoms with Gasteiger partial charge in [0.25, 0.3) is 0 Å². The fourth-order valence-electron chi connectivity index (χ4n) is 1.54. The molecule has 0 aromatic rings. The van der Waals surface area contributed by atoms with Gasteiger partial charge in [-0.05, 0) is 0 Å². The minimum Gasteiger partial charge on any atom is -0.481 e. The molecular formula is C6H5BrO4. The summed E-state index contributed by atoms with van der Waals surface area (Å²) < 4.78 is 4.06. The average Bonchev–Trinajstić information content (AvgIpc) is 2.43. The van der Waals surface area contributed by atoms with Crippen molar-refractivity contribution < 1.29 is 19.4 Å².